The number of hydrogen-bond donors (Lipinski definition) is 2. The van der Waals surface area contributed by atoms with Crippen molar-refractivity contribution in [2.45, 2.75) is 20.8 Å². The average molecular weight is 313 g/mol. The molecular formula is C13H17BrN2O2. The van der Waals surface area contributed by atoms with Gasteiger partial charge in [-0.1, -0.05) is 29.8 Å². The van der Waals surface area contributed by atoms with Gasteiger partial charge < -0.3 is 10.6 Å². The highest BCUT2D eigenvalue weighted by Crippen LogP contribution is 2.19. The lowest BCUT2D eigenvalue weighted by atomic mass is 10.2. The molecule has 0 spiro atoms. The maximum Gasteiger partial charge on any atom is 0.243 e. The van der Waals surface area contributed by atoms with Crippen LogP contribution in [-0.2, 0) is 9.59 Å². The van der Waals surface area contributed by atoms with Gasteiger partial charge in [0.1, 0.15) is 0 Å². The molecule has 0 heterocycles. The van der Waals surface area contributed by atoms with Crippen LogP contribution in [-0.4, -0.2) is 18.4 Å². The fourth-order valence-electron chi connectivity index (χ4n) is 1.30. The van der Waals surface area contributed by atoms with Gasteiger partial charge in [-0.05, 0) is 30.7 Å². The minimum Gasteiger partial charge on any atom is -0.347 e. The normalized spacial score (nSPS) is 10.3. The molecule has 0 radical (unpaired) electrons. The molecule has 2 N–H and O–H groups in total. The molecule has 0 fully saturated rings. The van der Waals surface area contributed by atoms with Crippen LogP contribution < -0.4 is 10.6 Å². The number of anilines is 1. The van der Waals surface area contributed by atoms with Gasteiger partial charge in [-0.3, -0.25) is 9.59 Å². The molecule has 0 aliphatic carbocycles. The van der Waals surface area contributed by atoms with E-state index < -0.39 is 0 Å². The van der Waals surface area contributed by atoms with E-state index in [9.17, 15) is 9.59 Å². The van der Waals surface area contributed by atoms with E-state index in [4.69, 9.17) is 0 Å². The third-order valence-corrected chi connectivity index (χ3v) is 3.28. The van der Waals surface area contributed by atoms with Gasteiger partial charge in [-0.15, -0.1) is 0 Å². The molecule has 5 heteroatoms. The predicted octanol–water partition coefficient (Wildman–Crippen LogP) is 2.47. The quantitative estimate of drug-likeness (QED) is 0.897. The maximum absolute atomic E-state index is 11.6. The number of aryl methyl sites for hydroxylation is 1. The average Bonchev–Trinajstić information content (AvgIpc) is 2.30. The van der Waals surface area contributed by atoms with Crippen molar-refractivity contribution in [2.75, 3.05) is 11.9 Å². The first-order valence-corrected chi connectivity index (χ1v) is 6.53. The summed E-state index contributed by atoms with van der Waals surface area (Å²) in [4.78, 5) is 22.9. The Morgan fingerprint density at radius 1 is 1.33 bits per heavy atom. The molecule has 0 saturated heterocycles. The summed E-state index contributed by atoms with van der Waals surface area (Å²) >= 11 is 3.39. The maximum atomic E-state index is 11.6. The number of rotatable bonds is 4. The highest BCUT2D eigenvalue weighted by Gasteiger charge is 2.09. The van der Waals surface area contributed by atoms with Crippen LogP contribution in [0.1, 0.15) is 19.4 Å². The molecule has 0 saturated carbocycles. The van der Waals surface area contributed by atoms with Crippen molar-refractivity contribution in [3.8, 4) is 0 Å². The summed E-state index contributed by atoms with van der Waals surface area (Å²) in [5, 5.41) is 5.30. The standard InChI is InChI=1S/C13H17BrN2O2/c1-8(2)13(18)15-7-12(17)16-10-4-5-11(14)9(3)6-10/h4-6,8H,7H2,1-3H3,(H,15,18)(H,16,17). The Hall–Kier alpha value is -1.36. The Labute approximate surface area is 115 Å². The Kier molecular flexibility index (Phi) is 5.34. The van der Waals surface area contributed by atoms with Gasteiger partial charge >= 0.3 is 0 Å². The first-order chi connectivity index (χ1) is 8.40. The van der Waals surface area contributed by atoms with E-state index in [1.54, 1.807) is 19.9 Å². The molecule has 0 unspecified atom stereocenters. The largest absolute Gasteiger partial charge is 0.347 e. The van der Waals surface area contributed by atoms with Crippen LogP contribution >= 0.6 is 15.9 Å². The highest BCUT2D eigenvalue weighted by molar-refractivity contribution is 9.10. The van der Waals surface area contributed by atoms with Gasteiger partial charge in [0.05, 0.1) is 6.54 Å². The number of amides is 2. The second-order valence-electron chi connectivity index (χ2n) is 4.38. The third kappa shape index (κ3) is 4.49. The summed E-state index contributed by atoms with van der Waals surface area (Å²) in [7, 11) is 0. The molecule has 1 aromatic rings. The van der Waals surface area contributed by atoms with Crippen LogP contribution in [0, 0.1) is 12.8 Å². The van der Waals surface area contributed by atoms with Crippen molar-refractivity contribution in [3.63, 3.8) is 0 Å². The minimum absolute atomic E-state index is 0.00781. The van der Waals surface area contributed by atoms with Crippen LogP contribution in [0.5, 0.6) is 0 Å². The lowest BCUT2D eigenvalue weighted by Gasteiger charge is -2.09. The molecule has 0 bridgehead atoms. The van der Waals surface area contributed by atoms with Gasteiger partial charge in [0, 0.05) is 16.1 Å². The molecule has 4 nitrogen and oxygen atoms in total. The van der Waals surface area contributed by atoms with Crippen LogP contribution in [0.4, 0.5) is 5.69 Å². The fourth-order valence-corrected chi connectivity index (χ4v) is 1.55. The van der Waals surface area contributed by atoms with Gasteiger partial charge in [-0.25, -0.2) is 0 Å². The molecule has 0 atom stereocenters. The number of benzene rings is 1. The lowest BCUT2D eigenvalue weighted by molar-refractivity contribution is -0.126. The number of nitrogens with one attached hydrogen (secondary N) is 2. The zero-order valence-corrected chi connectivity index (χ0v) is 12.3. The van der Waals surface area contributed by atoms with E-state index in [1.807, 2.05) is 19.1 Å². The topological polar surface area (TPSA) is 58.2 Å². The van der Waals surface area contributed by atoms with Gasteiger partial charge in [0.25, 0.3) is 0 Å². The van der Waals surface area contributed by atoms with Gasteiger partial charge in [-0.2, -0.15) is 0 Å². The monoisotopic (exact) mass is 312 g/mol. The van der Waals surface area contributed by atoms with E-state index in [-0.39, 0.29) is 24.3 Å². The molecule has 0 aliphatic heterocycles. The second kappa shape index (κ2) is 6.54. The summed E-state index contributed by atoms with van der Waals surface area (Å²) in [6, 6.07) is 5.54. The molecule has 2 amide bonds. The summed E-state index contributed by atoms with van der Waals surface area (Å²) in [6.07, 6.45) is 0. The van der Waals surface area contributed by atoms with E-state index >= 15 is 0 Å². The van der Waals surface area contributed by atoms with Gasteiger partial charge in [0.2, 0.25) is 11.8 Å². The van der Waals surface area contributed by atoms with E-state index in [2.05, 4.69) is 26.6 Å². The Bertz CT molecular complexity index is 458. The predicted molar refractivity (Wildman–Crippen MR) is 75.4 cm³/mol. The number of carbonyl (C=O) groups excluding carboxylic acids is 2. The Balaban J connectivity index is 2.49. The first-order valence-electron chi connectivity index (χ1n) is 5.74. The molecule has 0 aromatic heterocycles. The zero-order chi connectivity index (χ0) is 13.7. The number of hydrogen-bond acceptors (Lipinski definition) is 2. The van der Waals surface area contributed by atoms with Crippen molar-refractivity contribution < 1.29 is 9.59 Å². The van der Waals surface area contributed by atoms with Crippen molar-refractivity contribution in [2.24, 2.45) is 5.92 Å². The van der Waals surface area contributed by atoms with Crippen LogP contribution in [0.2, 0.25) is 0 Å². The minimum atomic E-state index is -0.231. The van der Waals surface area contributed by atoms with Gasteiger partial charge in [0.15, 0.2) is 0 Å². The Morgan fingerprint density at radius 2 is 2.00 bits per heavy atom. The third-order valence-electron chi connectivity index (χ3n) is 2.39. The zero-order valence-electron chi connectivity index (χ0n) is 10.7. The molecule has 1 aromatic carbocycles. The lowest BCUT2D eigenvalue weighted by Crippen LogP contribution is -2.35. The Morgan fingerprint density at radius 3 is 2.56 bits per heavy atom. The van der Waals surface area contributed by atoms with Crippen molar-refractivity contribution in [1.82, 2.24) is 5.32 Å². The molecular weight excluding hydrogens is 296 g/mol. The smallest absolute Gasteiger partial charge is 0.243 e. The van der Waals surface area contributed by atoms with E-state index in [0.717, 1.165) is 15.7 Å². The van der Waals surface area contributed by atoms with Crippen molar-refractivity contribution >= 4 is 33.4 Å². The summed E-state index contributed by atoms with van der Waals surface area (Å²) in [5.74, 6) is -0.476. The highest BCUT2D eigenvalue weighted by atomic mass is 79.9. The molecule has 1 rings (SSSR count). The van der Waals surface area contributed by atoms with E-state index in [0.29, 0.717) is 0 Å². The van der Waals surface area contributed by atoms with Crippen molar-refractivity contribution in [1.29, 1.82) is 0 Å². The second-order valence-corrected chi connectivity index (χ2v) is 5.24. The summed E-state index contributed by atoms with van der Waals surface area (Å²) < 4.78 is 0.994. The van der Waals surface area contributed by atoms with Crippen LogP contribution in [0.15, 0.2) is 22.7 Å². The molecule has 18 heavy (non-hydrogen) atoms. The molecule has 98 valence electrons. The van der Waals surface area contributed by atoms with Crippen LogP contribution in [0.3, 0.4) is 0 Å². The number of halogens is 1. The van der Waals surface area contributed by atoms with Crippen LogP contribution in [0.25, 0.3) is 0 Å². The first kappa shape index (κ1) is 14.7. The van der Waals surface area contributed by atoms with Crippen molar-refractivity contribution in [3.05, 3.63) is 28.2 Å². The molecule has 0 aliphatic rings. The summed E-state index contributed by atoms with van der Waals surface area (Å²) in [6.45, 7) is 5.50. The number of carbonyl (C=O) groups is 2. The fraction of sp³-hybridized carbons (Fsp3) is 0.385. The summed E-state index contributed by atoms with van der Waals surface area (Å²) in [5.41, 5.74) is 1.76. The van der Waals surface area contributed by atoms with E-state index in [1.165, 1.54) is 0 Å². The SMILES string of the molecule is Cc1cc(NC(=O)CNC(=O)C(C)C)ccc1Br.